The van der Waals surface area contributed by atoms with E-state index in [1.807, 2.05) is 0 Å². The van der Waals surface area contributed by atoms with E-state index in [4.69, 9.17) is 8.83 Å². The maximum Gasteiger partial charge on any atom is 0.159 e. The molecule has 2 saturated carbocycles. The molecule has 15 rings (SSSR count). The van der Waals surface area contributed by atoms with Crippen molar-refractivity contribution in [2.24, 2.45) is 0 Å². The molecule has 74 heavy (non-hydrogen) atoms. The van der Waals surface area contributed by atoms with Gasteiger partial charge in [0.25, 0.3) is 0 Å². The lowest BCUT2D eigenvalue weighted by Gasteiger charge is -2.34. The van der Waals surface area contributed by atoms with E-state index in [9.17, 15) is 0 Å². The third kappa shape index (κ3) is 7.10. The Morgan fingerprint density at radius 3 is 1.16 bits per heavy atom. The van der Waals surface area contributed by atoms with E-state index in [1.165, 1.54) is 118 Å². The van der Waals surface area contributed by atoms with Gasteiger partial charge in [0.2, 0.25) is 0 Å². The number of para-hydroxylation sites is 4. The van der Waals surface area contributed by atoms with Crippen molar-refractivity contribution in [3.63, 3.8) is 0 Å². The molecular weight excluding hydrogens is 901 g/mol. The molecule has 2 heterocycles. The van der Waals surface area contributed by atoms with E-state index in [1.54, 1.807) is 0 Å². The summed E-state index contributed by atoms with van der Waals surface area (Å²) >= 11 is 0. The SMILES string of the molecule is c1ccc2cc(N(c3c4ccc(C5CCCCC5)cc4c(N(c4ccc5ccccc5c4)c4cccc5c4oc4ccccc45)c4ccc(C5CCCCC5)cc34)c3cccc4c3oc3ccccc34)ccc2c1. The van der Waals surface area contributed by atoms with Crippen LogP contribution in [0.15, 0.2) is 215 Å². The van der Waals surface area contributed by atoms with Gasteiger partial charge < -0.3 is 18.6 Å². The third-order valence-electron chi connectivity index (χ3n) is 16.9. The summed E-state index contributed by atoms with van der Waals surface area (Å²) in [4.78, 5) is 5.10. The van der Waals surface area contributed by atoms with Crippen LogP contribution in [0.2, 0.25) is 0 Å². The Morgan fingerprint density at radius 2 is 0.703 bits per heavy atom. The number of rotatable bonds is 8. The molecular formula is C70H56N2O2. The Kier molecular flexibility index (Phi) is 10.3. The molecule has 4 nitrogen and oxygen atoms in total. The van der Waals surface area contributed by atoms with E-state index >= 15 is 0 Å². The highest BCUT2D eigenvalue weighted by Gasteiger charge is 2.31. The zero-order chi connectivity index (χ0) is 48.7. The lowest BCUT2D eigenvalue weighted by Crippen LogP contribution is -2.16. The highest BCUT2D eigenvalue weighted by molar-refractivity contribution is 6.26. The molecule has 2 aliphatic rings. The van der Waals surface area contributed by atoms with Crippen molar-refractivity contribution in [2.75, 3.05) is 9.80 Å². The lowest BCUT2D eigenvalue weighted by atomic mass is 9.81. The molecule has 0 aliphatic heterocycles. The van der Waals surface area contributed by atoms with Crippen LogP contribution in [0.4, 0.5) is 34.1 Å². The van der Waals surface area contributed by atoms with Gasteiger partial charge in [-0.1, -0.05) is 184 Å². The normalized spacial score (nSPS) is 14.9. The molecule has 0 amide bonds. The molecule has 358 valence electrons. The Hall–Kier alpha value is -8.34. The van der Waals surface area contributed by atoms with Crippen LogP contribution in [0.3, 0.4) is 0 Å². The zero-order valence-electron chi connectivity index (χ0n) is 41.6. The third-order valence-corrected chi connectivity index (χ3v) is 16.9. The first-order valence-corrected chi connectivity index (χ1v) is 27.1. The van der Waals surface area contributed by atoms with Crippen LogP contribution in [-0.4, -0.2) is 0 Å². The predicted octanol–water partition coefficient (Wildman–Crippen LogP) is 21.1. The van der Waals surface area contributed by atoms with Crippen LogP contribution in [-0.2, 0) is 0 Å². The number of nitrogens with zero attached hydrogens (tertiary/aromatic N) is 2. The summed E-state index contributed by atoms with van der Waals surface area (Å²) in [5.74, 6) is 0.977. The summed E-state index contributed by atoms with van der Waals surface area (Å²) in [5.41, 5.74) is 12.9. The first-order valence-electron chi connectivity index (χ1n) is 27.1. The van der Waals surface area contributed by atoms with Gasteiger partial charge in [-0.3, -0.25) is 0 Å². The molecule has 0 saturated heterocycles. The van der Waals surface area contributed by atoms with Crippen LogP contribution >= 0.6 is 0 Å². The first kappa shape index (κ1) is 43.3. The average molecular weight is 957 g/mol. The van der Waals surface area contributed by atoms with Gasteiger partial charge in [0.15, 0.2) is 11.2 Å². The zero-order valence-corrected chi connectivity index (χ0v) is 41.6. The highest BCUT2D eigenvalue weighted by atomic mass is 16.3. The molecule has 13 aromatic rings. The summed E-state index contributed by atoms with van der Waals surface area (Å²) in [5, 5.41) is 14.1. The van der Waals surface area contributed by atoms with Gasteiger partial charge in [0.05, 0.1) is 22.7 Å². The fourth-order valence-electron chi connectivity index (χ4n) is 13.3. The molecule has 2 aliphatic carbocycles. The van der Waals surface area contributed by atoms with Gasteiger partial charge in [-0.15, -0.1) is 0 Å². The van der Waals surface area contributed by atoms with Crippen LogP contribution < -0.4 is 9.80 Å². The van der Waals surface area contributed by atoms with E-state index in [0.29, 0.717) is 11.8 Å². The molecule has 0 N–H and O–H groups in total. The Bertz CT molecular complexity index is 4040. The van der Waals surface area contributed by atoms with Gasteiger partial charge in [-0.25, -0.2) is 0 Å². The lowest BCUT2D eigenvalue weighted by molar-refractivity contribution is 0.444. The minimum atomic E-state index is 0.489. The number of hydrogen-bond acceptors (Lipinski definition) is 4. The summed E-state index contributed by atoms with van der Waals surface area (Å²) in [6.45, 7) is 0. The highest BCUT2D eigenvalue weighted by Crippen LogP contribution is 2.55. The molecule has 2 aromatic heterocycles. The van der Waals surface area contributed by atoms with E-state index in [-0.39, 0.29) is 0 Å². The topological polar surface area (TPSA) is 32.8 Å². The molecule has 0 atom stereocenters. The van der Waals surface area contributed by atoms with Crippen molar-refractivity contribution >= 4 is 121 Å². The van der Waals surface area contributed by atoms with Gasteiger partial charge >= 0.3 is 0 Å². The first-order chi connectivity index (χ1) is 36.7. The summed E-state index contributed by atoms with van der Waals surface area (Å²) < 4.78 is 14.1. The Balaban J connectivity index is 1.12. The smallest absolute Gasteiger partial charge is 0.159 e. The van der Waals surface area contributed by atoms with Crippen molar-refractivity contribution < 1.29 is 8.83 Å². The maximum absolute atomic E-state index is 7.05. The summed E-state index contributed by atoms with van der Waals surface area (Å²) in [6, 6.07) is 77.0. The fourth-order valence-corrected chi connectivity index (χ4v) is 13.3. The maximum atomic E-state index is 7.05. The van der Waals surface area contributed by atoms with Crippen molar-refractivity contribution in [3.05, 3.63) is 217 Å². The van der Waals surface area contributed by atoms with Gasteiger partial charge in [-0.05, 0) is 131 Å². The van der Waals surface area contributed by atoms with Crippen LogP contribution in [0, 0.1) is 0 Å². The molecule has 0 bridgehead atoms. The molecule has 2 fully saturated rings. The minimum absolute atomic E-state index is 0.489. The van der Waals surface area contributed by atoms with Crippen LogP contribution in [0.5, 0.6) is 0 Å². The Morgan fingerprint density at radius 1 is 0.297 bits per heavy atom. The van der Waals surface area contributed by atoms with Crippen LogP contribution in [0.1, 0.15) is 87.2 Å². The molecule has 0 unspecified atom stereocenters. The second-order valence-corrected chi connectivity index (χ2v) is 21.2. The minimum Gasteiger partial charge on any atom is -0.454 e. The van der Waals surface area contributed by atoms with Gasteiger partial charge in [0.1, 0.15) is 11.2 Å². The molecule has 11 aromatic carbocycles. The second kappa shape index (κ2) is 17.7. The van der Waals surface area contributed by atoms with Crippen LogP contribution in [0.25, 0.3) is 87.0 Å². The van der Waals surface area contributed by atoms with E-state index in [2.05, 4.69) is 216 Å². The predicted molar refractivity (Wildman–Crippen MR) is 312 cm³/mol. The quantitative estimate of drug-likeness (QED) is 0.112. The molecule has 0 spiro atoms. The number of benzene rings is 11. The Labute approximate surface area is 431 Å². The molecule has 4 heteroatoms. The number of furan rings is 2. The number of anilines is 6. The fraction of sp³-hybridized carbons (Fsp3) is 0.171. The van der Waals surface area contributed by atoms with Crippen molar-refractivity contribution in [1.82, 2.24) is 0 Å². The monoisotopic (exact) mass is 956 g/mol. The number of fused-ring (bicyclic) bond motifs is 10. The standard InChI is InChI=1S/C70H56N2O2/c1-3-17-45(18-4-1)51-35-39-57-61(43-51)67(71(53-37-33-47-21-7-9-23-49(47)41-53)63-29-15-27-59-55-25-11-13-31-65(55)73-69(59)63)58-40-36-52(46-19-5-2-6-20-46)44-62(58)68(57)72(54-38-34-48-22-8-10-24-50(48)42-54)64-30-16-28-60-56-26-12-14-32-66(56)74-70(60)64/h7-16,21-46H,1-6,17-20H2. The van der Waals surface area contributed by atoms with Crippen molar-refractivity contribution in [2.45, 2.75) is 76.0 Å². The molecule has 0 radical (unpaired) electrons. The van der Waals surface area contributed by atoms with Crippen molar-refractivity contribution in [1.29, 1.82) is 0 Å². The van der Waals surface area contributed by atoms with Gasteiger partial charge in [-0.2, -0.15) is 0 Å². The van der Waals surface area contributed by atoms with Gasteiger partial charge in [0, 0.05) is 54.5 Å². The second-order valence-electron chi connectivity index (χ2n) is 21.2. The van der Waals surface area contributed by atoms with Crippen molar-refractivity contribution in [3.8, 4) is 0 Å². The number of hydrogen-bond donors (Lipinski definition) is 0. The average Bonchev–Trinajstić information content (AvgIpc) is 4.05. The van der Waals surface area contributed by atoms with E-state index < -0.39 is 0 Å². The largest absolute Gasteiger partial charge is 0.454 e. The summed E-state index contributed by atoms with van der Waals surface area (Å²) in [6.07, 6.45) is 12.5. The van der Waals surface area contributed by atoms with E-state index in [0.717, 1.165) is 78.0 Å². The summed E-state index contributed by atoms with van der Waals surface area (Å²) in [7, 11) is 0.